The molecule has 0 N–H and O–H groups in total. The van der Waals surface area contributed by atoms with E-state index in [2.05, 4.69) is 58.1 Å². The van der Waals surface area contributed by atoms with Crippen molar-refractivity contribution in [2.45, 2.75) is 26.8 Å². The van der Waals surface area contributed by atoms with Crippen molar-refractivity contribution in [1.29, 1.82) is 0 Å². The fourth-order valence-corrected chi connectivity index (χ4v) is 5.21. The quantitative estimate of drug-likeness (QED) is 0.346. The van der Waals surface area contributed by atoms with E-state index in [1.807, 2.05) is 59.9 Å². The number of aromatic nitrogens is 4. The van der Waals surface area contributed by atoms with Gasteiger partial charge in [-0.25, -0.2) is 4.98 Å². The van der Waals surface area contributed by atoms with E-state index in [4.69, 9.17) is 4.98 Å². The zero-order valence-corrected chi connectivity index (χ0v) is 20.7. The Hall–Kier alpha value is -4.26. The zero-order valence-electron chi connectivity index (χ0n) is 20.7. The average Bonchev–Trinajstić information content (AvgIpc) is 3.29. The molecular formula is C29H28N6O. The zero-order chi connectivity index (χ0) is 24.8. The predicted octanol–water partition coefficient (Wildman–Crippen LogP) is 4.84. The lowest BCUT2D eigenvalue weighted by atomic mass is 10.0. The van der Waals surface area contributed by atoms with E-state index in [1.165, 1.54) is 11.3 Å². The second kappa shape index (κ2) is 8.75. The number of benzene rings is 3. The normalized spacial score (nSPS) is 16.1. The summed E-state index contributed by atoms with van der Waals surface area (Å²) in [6.07, 6.45) is 0. The number of anilines is 2. The molecule has 2 aromatic heterocycles. The van der Waals surface area contributed by atoms with E-state index >= 15 is 0 Å². The van der Waals surface area contributed by atoms with Crippen molar-refractivity contribution in [3.05, 3.63) is 95.3 Å². The molecule has 1 saturated heterocycles. The van der Waals surface area contributed by atoms with Crippen LogP contribution >= 0.6 is 0 Å². The van der Waals surface area contributed by atoms with Gasteiger partial charge in [-0.05, 0) is 56.7 Å². The summed E-state index contributed by atoms with van der Waals surface area (Å²) < 4.78 is 2.02. The maximum Gasteiger partial charge on any atom is 0.204 e. The molecule has 0 spiro atoms. The van der Waals surface area contributed by atoms with Gasteiger partial charge in [0.05, 0.1) is 11.0 Å². The number of hydrogen-bond donors (Lipinski definition) is 0. The third-order valence-electron chi connectivity index (χ3n) is 7.03. The molecule has 180 valence electrons. The number of aryl methyl sites for hydroxylation is 2. The standard InChI is InChI=1S/C29H28N6O/c1-19-8-7-11-24(16-19)34-15-14-33(18-20(34)2)28-29-32-31-21(3)35(29)26-17-23(12-13-25(26)30-28)27(36)22-9-5-4-6-10-22/h4-13,16-17,20H,14-15,18H2,1-3H3/t20-/m0/s1. The summed E-state index contributed by atoms with van der Waals surface area (Å²) in [7, 11) is 0. The molecule has 3 heterocycles. The van der Waals surface area contributed by atoms with Crippen molar-refractivity contribution in [3.63, 3.8) is 0 Å². The molecule has 1 fully saturated rings. The van der Waals surface area contributed by atoms with Crippen molar-refractivity contribution in [2.24, 2.45) is 0 Å². The van der Waals surface area contributed by atoms with E-state index in [-0.39, 0.29) is 5.78 Å². The summed E-state index contributed by atoms with van der Waals surface area (Å²) in [5.74, 6) is 1.59. The molecule has 3 aromatic carbocycles. The largest absolute Gasteiger partial charge is 0.365 e. The van der Waals surface area contributed by atoms with Gasteiger partial charge in [0.1, 0.15) is 5.82 Å². The first kappa shape index (κ1) is 22.2. The number of fused-ring (bicyclic) bond motifs is 3. The Bertz CT molecular complexity index is 1590. The van der Waals surface area contributed by atoms with Crippen LogP contribution in [0, 0.1) is 13.8 Å². The molecule has 1 aliphatic heterocycles. The van der Waals surface area contributed by atoms with Crippen LogP contribution in [-0.4, -0.2) is 51.0 Å². The van der Waals surface area contributed by atoms with Crippen molar-refractivity contribution in [2.75, 3.05) is 29.4 Å². The Labute approximate surface area is 210 Å². The molecule has 0 bridgehead atoms. The van der Waals surface area contributed by atoms with Gasteiger partial charge in [-0.2, -0.15) is 0 Å². The molecule has 7 heteroatoms. The minimum absolute atomic E-state index is 0.0125. The van der Waals surface area contributed by atoms with Crippen LogP contribution in [0.2, 0.25) is 0 Å². The monoisotopic (exact) mass is 476 g/mol. The van der Waals surface area contributed by atoms with Crippen molar-refractivity contribution < 1.29 is 4.79 Å². The van der Waals surface area contributed by atoms with Gasteiger partial charge in [0.15, 0.2) is 11.6 Å². The Morgan fingerprint density at radius 3 is 2.50 bits per heavy atom. The van der Waals surface area contributed by atoms with Crippen LogP contribution in [0.3, 0.4) is 0 Å². The molecule has 36 heavy (non-hydrogen) atoms. The van der Waals surface area contributed by atoms with Crippen molar-refractivity contribution in [1.82, 2.24) is 19.6 Å². The van der Waals surface area contributed by atoms with Gasteiger partial charge in [-0.15, -0.1) is 10.2 Å². The highest BCUT2D eigenvalue weighted by atomic mass is 16.1. The highest BCUT2D eigenvalue weighted by molar-refractivity contribution is 6.10. The molecule has 1 atom stereocenters. The maximum absolute atomic E-state index is 13.1. The summed E-state index contributed by atoms with van der Waals surface area (Å²) in [5.41, 5.74) is 6.19. The summed E-state index contributed by atoms with van der Waals surface area (Å²) in [6.45, 7) is 8.89. The van der Waals surface area contributed by atoms with Crippen LogP contribution in [0.5, 0.6) is 0 Å². The number of carbonyl (C=O) groups is 1. The van der Waals surface area contributed by atoms with E-state index in [0.29, 0.717) is 17.2 Å². The lowest BCUT2D eigenvalue weighted by molar-refractivity contribution is 0.103. The maximum atomic E-state index is 13.1. The summed E-state index contributed by atoms with van der Waals surface area (Å²) in [5, 5.41) is 8.88. The molecule has 6 rings (SSSR count). The van der Waals surface area contributed by atoms with Gasteiger partial charge in [0.2, 0.25) is 5.65 Å². The van der Waals surface area contributed by atoms with Crippen molar-refractivity contribution in [3.8, 4) is 0 Å². The molecule has 1 aliphatic rings. The SMILES string of the molecule is Cc1cccc(N2CCN(c3nc4ccc(C(=O)c5ccccc5)cc4n4c(C)nnc34)C[C@@H]2C)c1. The molecular weight excluding hydrogens is 448 g/mol. The van der Waals surface area contributed by atoms with Crippen LogP contribution in [0.15, 0.2) is 72.8 Å². The Morgan fingerprint density at radius 2 is 1.72 bits per heavy atom. The fraction of sp³-hybridized carbons (Fsp3) is 0.241. The van der Waals surface area contributed by atoms with Crippen LogP contribution in [0.25, 0.3) is 16.7 Å². The number of hydrogen-bond acceptors (Lipinski definition) is 6. The highest BCUT2D eigenvalue weighted by Gasteiger charge is 2.28. The van der Waals surface area contributed by atoms with Gasteiger partial charge in [0, 0.05) is 42.5 Å². The molecule has 7 nitrogen and oxygen atoms in total. The van der Waals surface area contributed by atoms with Crippen LogP contribution < -0.4 is 9.80 Å². The first-order valence-electron chi connectivity index (χ1n) is 12.3. The van der Waals surface area contributed by atoms with Gasteiger partial charge >= 0.3 is 0 Å². The van der Waals surface area contributed by atoms with Crippen molar-refractivity contribution >= 4 is 34.0 Å². The first-order chi connectivity index (χ1) is 17.5. The Balaban J connectivity index is 1.38. The molecule has 0 radical (unpaired) electrons. The van der Waals surface area contributed by atoms with Gasteiger partial charge in [0.25, 0.3) is 0 Å². The number of carbonyl (C=O) groups excluding carboxylic acids is 1. The lowest BCUT2D eigenvalue weighted by Gasteiger charge is -2.41. The minimum atomic E-state index is -0.0125. The fourth-order valence-electron chi connectivity index (χ4n) is 5.21. The topological polar surface area (TPSA) is 66.6 Å². The smallest absolute Gasteiger partial charge is 0.204 e. The lowest BCUT2D eigenvalue weighted by Crippen LogP contribution is -2.52. The van der Waals surface area contributed by atoms with Gasteiger partial charge in [-0.3, -0.25) is 9.20 Å². The van der Waals surface area contributed by atoms with Crippen LogP contribution in [-0.2, 0) is 0 Å². The van der Waals surface area contributed by atoms with Gasteiger partial charge in [-0.1, -0.05) is 42.5 Å². The van der Waals surface area contributed by atoms with Gasteiger partial charge < -0.3 is 9.80 Å². The number of piperazine rings is 1. The van der Waals surface area contributed by atoms with Crippen LogP contribution in [0.1, 0.15) is 34.2 Å². The number of nitrogens with zero attached hydrogens (tertiary/aromatic N) is 6. The second-order valence-corrected chi connectivity index (χ2v) is 9.57. The number of rotatable bonds is 4. The van der Waals surface area contributed by atoms with E-state index in [0.717, 1.165) is 48.0 Å². The first-order valence-corrected chi connectivity index (χ1v) is 12.3. The molecule has 0 amide bonds. The summed E-state index contributed by atoms with van der Waals surface area (Å²) in [4.78, 5) is 22.9. The predicted molar refractivity (Wildman–Crippen MR) is 143 cm³/mol. The Morgan fingerprint density at radius 1 is 0.889 bits per heavy atom. The molecule has 5 aromatic rings. The molecule has 0 aliphatic carbocycles. The minimum Gasteiger partial charge on any atom is -0.365 e. The second-order valence-electron chi connectivity index (χ2n) is 9.57. The number of ketones is 1. The van der Waals surface area contributed by atoms with Crippen LogP contribution in [0.4, 0.5) is 11.5 Å². The van der Waals surface area contributed by atoms with E-state index < -0.39 is 0 Å². The summed E-state index contributed by atoms with van der Waals surface area (Å²) >= 11 is 0. The van der Waals surface area contributed by atoms with E-state index in [1.54, 1.807) is 0 Å². The van der Waals surface area contributed by atoms with E-state index in [9.17, 15) is 4.79 Å². The molecule has 0 saturated carbocycles. The third kappa shape index (κ3) is 3.77. The Kier molecular flexibility index (Phi) is 5.40. The molecule has 0 unspecified atom stereocenters. The average molecular weight is 477 g/mol. The summed E-state index contributed by atoms with van der Waals surface area (Å²) in [6, 6.07) is 24.0. The highest BCUT2D eigenvalue weighted by Crippen LogP contribution is 2.29. The third-order valence-corrected chi connectivity index (χ3v) is 7.03.